The fourth-order valence-corrected chi connectivity index (χ4v) is 2.72. The summed E-state index contributed by atoms with van der Waals surface area (Å²) in [5, 5.41) is 8.70. The van der Waals surface area contributed by atoms with Gasteiger partial charge in [0.2, 0.25) is 0 Å². The zero-order valence-electron chi connectivity index (χ0n) is 12.0. The summed E-state index contributed by atoms with van der Waals surface area (Å²) in [6.45, 7) is 8.61. The molecule has 1 saturated heterocycles. The van der Waals surface area contributed by atoms with Crippen molar-refractivity contribution in [1.29, 1.82) is 0 Å². The van der Waals surface area contributed by atoms with Crippen LogP contribution in [0.1, 0.15) is 17.6 Å². The molecule has 1 aromatic heterocycles. The van der Waals surface area contributed by atoms with Gasteiger partial charge in [-0.05, 0) is 13.8 Å². The highest BCUT2D eigenvalue weighted by Gasteiger charge is 2.17. The number of morpholine rings is 1. The summed E-state index contributed by atoms with van der Waals surface area (Å²) in [5.41, 5.74) is 0.906. The highest BCUT2D eigenvalue weighted by Crippen LogP contribution is 2.07. The summed E-state index contributed by atoms with van der Waals surface area (Å²) >= 11 is 1.59. The third-order valence-corrected chi connectivity index (χ3v) is 4.15. The lowest BCUT2D eigenvalue weighted by Gasteiger charge is -2.32. The number of ether oxygens (including phenoxy) is 1. The number of aromatic nitrogens is 1. The van der Waals surface area contributed by atoms with Crippen LogP contribution in [0.5, 0.6) is 0 Å². The zero-order valence-corrected chi connectivity index (χ0v) is 12.8. The number of carbonyl (C=O) groups excluding carboxylic acids is 1. The number of nitrogens with zero attached hydrogens (tertiary/aromatic N) is 2. The average Bonchev–Trinajstić information content (AvgIpc) is 2.89. The van der Waals surface area contributed by atoms with Gasteiger partial charge in [0.05, 0.1) is 30.5 Å². The Hall–Kier alpha value is -1.18. The lowest BCUT2D eigenvalue weighted by atomic mass is 10.2. The number of amides is 2. The molecule has 0 aromatic carbocycles. The monoisotopic (exact) mass is 298 g/mol. The normalized spacial score (nSPS) is 17.7. The first-order chi connectivity index (χ1) is 9.65. The van der Waals surface area contributed by atoms with Crippen molar-refractivity contribution in [2.45, 2.75) is 26.4 Å². The number of urea groups is 1. The number of nitrogens with one attached hydrogen (secondary N) is 2. The van der Waals surface area contributed by atoms with Crippen molar-refractivity contribution >= 4 is 17.4 Å². The highest BCUT2D eigenvalue weighted by atomic mass is 32.1. The molecular formula is C13H22N4O2S. The Balaban J connectivity index is 1.64. The van der Waals surface area contributed by atoms with Crippen LogP contribution in [0.2, 0.25) is 0 Å². The Bertz CT molecular complexity index is 432. The molecule has 0 unspecified atom stereocenters. The van der Waals surface area contributed by atoms with Gasteiger partial charge in [0, 0.05) is 31.1 Å². The van der Waals surface area contributed by atoms with Crippen LogP contribution >= 0.6 is 11.3 Å². The van der Waals surface area contributed by atoms with Gasteiger partial charge in [-0.15, -0.1) is 11.3 Å². The van der Waals surface area contributed by atoms with Gasteiger partial charge in [-0.25, -0.2) is 9.78 Å². The first kappa shape index (κ1) is 15.2. The first-order valence-electron chi connectivity index (χ1n) is 6.89. The number of carbonyl (C=O) groups is 1. The molecule has 0 aliphatic carbocycles. The molecule has 2 rings (SSSR count). The molecule has 2 amide bonds. The predicted octanol–water partition coefficient (Wildman–Crippen LogP) is 0.971. The predicted molar refractivity (Wildman–Crippen MR) is 78.9 cm³/mol. The second kappa shape index (κ2) is 7.56. The van der Waals surface area contributed by atoms with Crippen molar-refractivity contribution in [2.24, 2.45) is 0 Å². The topological polar surface area (TPSA) is 66.5 Å². The minimum Gasteiger partial charge on any atom is -0.379 e. The SMILES string of the molecule is Cc1nc(CNC(=O)NC[C@H](C)N2CCOCC2)cs1. The Morgan fingerprint density at radius 1 is 1.50 bits per heavy atom. The highest BCUT2D eigenvalue weighted by molar-refractivity contribution is 7.09. The minimum atomic E-state index is -0.143. The van der Waals surface area contributed by atoms with Gasteiger partial charge in [0.25, 0.3) is 0 Å². The molecule has 1 aliphatic heterocycles. The molecule has 2 N–H and O–H groups in total. The summed E-state index contributed by atoms with van der Waals surface area (Å²) in [5.74, 6) is 0. The van der Waals surface area contributed by atoms with Gasteiger partial charge in [-0.1, -0.05) is 0 Å². The Morgan fingerprint density at radius 2 is 2.25 bits per heavy atom. The van der Waals surface area contributed by atoms with E-state index >= 15 is 0 Å². The largest absolute Gasteiger partial charge is 0.379 e. The van der Waals surface area contributed by atoms with Crippen molar-refractivity contribution in [3.05, 3.63) is 16.1 Å². The first-order valence-corrected chi connectivity index (χ1v) is 7.77. The van der Waals surface area contributed by atoms with Crippen molar-refractivity contribution in [3.63, 3.8) is 0 Å². The van der Waals surface area contributed by atoms with Gasteiger partial charge in [0.1, 0.15) is 0 Å². The lowest BCUT2D eigenvalue weighted by Crippen LogP contribution is -2.48. The molecule has 0 saturated carbocycles. The zero-order chi connectivity index (χ0) is 14.4. The molecule has 1 atom stereocenters. The van der Waals surface area contributed by atoms with Crippen LogP contribution in [-0.4, -0.2) is 54.8 Å². The number of aryl methyl sites for hydroxylation is 1. The van der Waals surface area contributed by atoms with Gasteiger partial charge < -0.3 is 15.4 Å². The number of hydrogen-bond acceptors (Lipinski definition) is 5. The van der Waals surface area contributed by atoms with Gasteiger partial charge >= 0.3 is 6.03 Å². The van der Waals surface area contributed by atoms with Crippen LogP contribution in [0.3, 0.4) is 0 Å². The fraction of sp³-hybridized carbons (Fsp3) is 0.692. The standard InChI is InChI=1S/C13H22N4O2S/c1-10(17-3-5-19-6-4-17)7-14-13(18)15-8-12-9-20-11(2)16-12/h9-10H,3-8H2,1-2H3,(H2,14,15,18)/t10-/m0/s1. The number of rotatable bonds is 5. The average molecular weight is 298 g/mol. The van der Waals surface area contributed by atoms with Crippen molar-refractivity contribution in [1.82, 2.24) is 20.5 Å². The van der Waals surface area contributed by atoms with E-state index in [0.717, 1.165) is 37.0 Å². The Morgan fingerprint density at radius 3 is 2.90 bits per heavy atom. The molecule has 0 spiro atoms. The smallest absolute Gasteiger partial charge is 0.315 e. The number of hydrogen-bond donors (Lipinski definition) is 2. The third kappa shape index (κ3) is 4.73. The van der Waals surface area contributed by atoms with Crippen molar-refractivity contribution in [3.8, 4) is 0 Å². The minimum absolute atomic E-state index is 0.143. The van der Waals surface area contributed by atoms with Crippen LogP contribution < -0.4 is 10.6 Å². The van der Waals surface area contributed by atoms with Crippen LogP contribution in [0.25, 0.3) is 0 Å². The van der Waals surface area contributed by atoms with Gasteiger partial charge in [0.15, 0.2) is 0 Å². The van der Waals surface area contributed by atoms with Gasteiger partial charge in [-0.2, -0.15) is 0 Å². The molecule has 1 aromatic rings. The summed E-state index contributed by atoms with van der Waals surface area (Å²) in [7, 11) is 0. The molecule has 0 radical (unpaired) electrons. The molecule has 0 bridgehead atoms. The summed E-state index contributed by atoms with van der Waals surface area (Å²) in [6, 6.07) is 0.182. The quantitative estimate of drug-likeness (QED) is 0.850. The van der Waals surface area contributed by atoms with E-state index in [1.807, 2.05) is 12.3 Å². The van der Waals surface area contributed by atoms with E-state index < -0.39 is 0 Å². The molecule has 7 heteroatoms. The van der Waals surface area contributed by atoms with E-state index in [1.54, 1.807) is 11.3 Å². The molecule has 1 fully saturated rings. The third-order valence-electron chi connectivity index (χ3n) is 3.32. The summed E-state index contributed by atoms with van der Waals surface area (Å²) < 4.78 is 5.32. The number of thiazole rings is 1. The second-order valence-corrected chi connectivity index (χ2v) is 5.98. The van der Waals surface area contributed by atoms with Crippen molar-refractivity contribution < 1.29 is 9.53 Å². The second-order valence-electron chi connectivity index (χ2n) is 4.92. The molecule has 6 nitrogen and oxygen atoms in total. The maximum absolute atomic E-state index is 11.7. The Labute approximate surface area is 123 Å². The van der Waals surface area contributed by atoms with Gasteiger partial charge in [-0.3, -0.25) is 4.90 Å². The van der Waals surface area contributed by atoms with E-state index in [9.17, 15) is 4.79 Å². The van der Waals surface area contributed by atoms with Crippen LogP contribution in [0.4, 0.5) is 4.79 Å². The molecule has 20 heavy (non-hydrogen) atoms. The maximum atomic E-state index is 11.7. The molecule has 1 aliphatic rings. The molecule has 2 heterocycles. The summed E-state index contributed by atoms with van der Waals surface area (Å²) in [6.07, 6.45) is 0. The van der Waals surface area contributed by atoms with E-state index in [2.05, 4.69) is 27.4 Å². The van der Waals surface area contributed by atoms with Crippen LogP contribution in [0.15, 0.2) is 5.38 Å². The van der Waals surface area contributed by atoms with E-state index in [0.29, 0.717) is 19.1 Å². The van der Waals surface area contributed by atoms with E-state index in [1.165, 1.54) is 0 Å². The molecule has 112 valence electrons. The van der Waals surface area contributed by atoms with E-state index in [4.69, 9.17) is 4.74 Å². The summed E-state index contributed by atoms with van der Waals surface area (Å²) in [4.78, 5) is 18.4. The van der Waals surface area contributed by atoms with E-state index in [-0.39, 0.29) is 6.03 Å². The fourth-order valence-electron chi connectivity index (χ4n) is 2.11. The van der Waals surface area contributed by atoms with Crippen LogP contribution in [-0.2, 0) is 11.3 Å². The Kier molecular flexibility index (Phi) is 5.75. The molecular weight excluding hydrogens is 276 g/mol. The lowest BCUT2D eigenvalue weighted by molar-refractivity contribution is 0.0209. The maximum Gasteiger partial charge on any atom is 0.315 e. The van der Waals surface area contributed by atoms with Crippen LogP contribution in [0, 0.1) is 6.92 Å². The van der Waals surface area contributed by atoms with Crippen molar-refractivity contribution in [2.75, 3.05) is 32.8 Å².